The topological polar surface area (TPSA) is 58.2 Å². The summed E-state index contributed by atoms with van der Waals surface area (Å²) in [4.78, 5) is 21.5. The average Bonchev–Trinajstić information content (AvgIpc) is 2.47. The highest BCUT2D eigenvalue weighted by Crippen LogP contribution is 2.26. The lowest BCUT2D eigenvalue weighted by Crippen LogP contribution is -2.41. The van der Waals surface area contributed by atoms with Crippen LogP contribution in [0.1, 0.15) is 77.7 Å². The van der Waals surface area contributed by atoms with E-state index in [2.05, 4.69) is 31.4 Å². The van der Waals surface area contributed by atoms with Crippen LogP contribution in [-0.4, -0.2) is 24.4 Å². The second kappa shape index (κ2) is 12.5. The molecule has 4 heteroatoms. The number of amides is 2. The predicted octanol–water partition coefficient (Wildman–Crippen LogP) is 4.72. The van der Waals surface area contributed by atoms with E-state index in [-0.39, 0.29) is 16.9 Å². The Labute approximate surface area is 154 Å². The van der Waals surface area contributed by atoms with Crippen LogP contribution in [0.15, 0.2) is 24.3 Å². The van der Waals surface area contributed by atoms with Crippen molar-refractivity contribution < 1.29 is 9.59 Å². The van der Waals surface area contributed by atoms with Crippen LogP contribution in [0.2, 0.25) is 0 Å². The number of carbonyl (C=O) groups excluding carboxylic acids is 2. The Balaban J connectivity index is 0. The van der Waals surface area contributed by atoms with Crippen LogP contribution in [0, 0.1) is 12.3 Å². The van der Waals surface area contributed by atoms with Gasteiger partial charge in [-0.15, -0.1) is 0 Å². The Bertz CT molecular complexity index is 503. The van der Waals surface area contributed by atoms with E-state index in [1.807, 2.05) is 65.8 Å². The number of hydrogen-bond acceptors (Lipinski definition) is 2. The highest BCUT2D eigenvalue weighted by Gasteiger charge is 2.24. The van der Waals surface area contributed by atoms with Gasteiger partial charge in [0.15, 0.2) is 0 Å². The Kier molecular flexibility index (Phi) is 12.7. The van der Waals surface area contributed by atoms with Crippen molar-refractivity contribution in [2.24, 2.45) is 5.41 Å². The fourth-order valence-corrected chi connectivity index (χ4v) is 2.59. The Hall–Kier alpha value is -1.84. The fourth-order valence-electron chi connectivity index (χ4n) is 2.59. The summed E-state index contributed by atoms with van der Waals surface area (Å²) in [6.07, 6.45) is 1.75. The molecule has 0 aliphatic heterocycles. The predicted molar refractivity (Wildman–Crippen MR) is 108 cm³/mol. The van der Waals surface area contributed by atoms with E-state index in [0.717, 1.165) is 24.0 Å². The number of hydrogen-bond donors (Lipinski definition) is 2. The molecular weight excluding hydrogens is 312 g/mol. The molecule has 2 amide bonds. The first-order valence-corrected chi connectivity index (χ1v) is 9.07. The number of aryl methyl sites for hydroxylation is 1. The summed E-state index contributed by atoms with van der Waals surface area (Å²) in [5.74, 6) is 0.00111. The van der Waals surface area contributed by atoms with E-state index in [0.29, 0.717) is 6.54 Å². The van der Waals surface area contributed by atoms with Gasteiger partial charge in [0.25, 0.3) is 5.91 Å². The Morgan fingerprint density at radius 3 is 2.08 bits per heavy atom. The number of carbonyl (C=O) groups is 2. The largest absolute Gasteiger partial charge is 0.354 e. The van der Waals surface area contributed by atoms with Crippen LogP contribution in [0.5, 0.6) is 0 Å². The quantitative estimate of drug-likeness (QED) is 0.755. The van der Waals surface area contributed by atoms with Crippen LogP contribution >= 0.6 is 0 Å². The van der Waals surface area contributed by atoms with Crippen molar-refractivity contribution in [1.29, 1.82) is 0 Å². The minimum atomic E-state index is -0.0833. The SMILES string of the molecule is CC.CC(C)(C)CC(C)(C)NC=O.CCNC(=O)c1cccc(C)c1. The minimum absolute atomic E-state index is 0.00111. The molecule has 1 rings (SSSR count). The molecule has 0 saturated heterocycles. The summed E-state index contributed by atoms with van der Waals surface area (Å²) in [5, 5.41) is 5.55. The van der Waals surface area contributed by atoms with Gasteiger partial charge in [-0.1, -0.05) is 52.3 Å². The fraction of sp³-hybridized carbons (Fsp3) is 0.619. The lowest BCUT2D eigenvalue weighted by Gasteiger charge is -2.31. The smallest absolute Gasteiger partial charge is 0.251 e. The first-order chi connectivity index (χ1) is 11.5. The summed E-state index contributed by atoms with van der Waals surface area (Å²) in [7, 11) is 0. The zero-order valence-electron chi connectivity index (χ0n) is 17.6. The summed E-state index contributed by atoms with van der Waals surface area (Å²) >= 11 is 0. The van der Waals surface area contributed by atoms with E-state index in [1.54, 1.807) is 0 Å². The Morgan fingerprint density at radius 2 is 1.68 bits per heavy atom. The molecule has 0 atom stereocenters. The third-order valence-electron chi connectivity index (χ3n) is 3.04. The van der Waals surface area contributed by atoms with E-state index in [4.69, 9.17) is 0 Å². The van der Waals surface area contributed by atoms with Gasteiger partial charge in [-0.2, -0.15) is 0 Å². The van der Waals surface area contributed by atoms with Gasteiger partial charge < -0.3 is 10.6 Å². The van der Waals surface area contributed by atoms with Crippen LogP contribution in [0.25, 0.3) is 0 Å². The molecule has 25 heavy (non-hydrogen) atoms. The molecule has 0 heterocycles. The summed E-state index contributed by atoms with van der Waals surface area (Å²) in [6.45, 7) is 19.1. The van der Waals surface area contributed by atoms with Crippen molar-refractivity contribution >= 4 is 12.3 Å². The molecule has 2 N–H and O–H groups in total. The monoisotopic (exact) mass is 350 g/mol. The highest BCUT2D eigenvalue weighted by molar-refractivity contribution is 5.94. The van der Waals surface area contributed by atoms with Crippen LogP contribution in [0.3, 0.4) is 0 Å². The molecule has 1 aromatic carbocycles. The van der Waals surface area contributed by atoms with E-state index >= 15 is 0 Å². The molecule has 0 unspecified atom stereocenters. The maximum absolute atomic E-state index is 11.3. The maximum atomic E-state index is 11.3. The zero-order valence-corrected chi connectivity index (χ0v) is 17.6. The summed E-state index contributed by atoms with van der Waals surface area (Å²) in [5.41, 5.74) is 2.02. The molecule has 144 valence electrons. The lowest BCUT2D eigenvalue weighted by atomic mass is 9.82. The number of nitrogens with one attached hydrogen (secondary N) is 2. The van der Waals surface area contributed by atoms with Gasteiger partial charge in [-0.05, 0) is 51.7 Å². The maximum Gasteiger partial charge on any atom is 0.251 e. The first-order valence-electron chi connectivity index (χ1n) is 9.07. The lowest BCUT2D eigenvalue weighted by molar-refractivity contribution is -0.111. The van der Waals surface area contributed by atoms with Crippen molar-refractivity contribution in [3.05, 3.63) is 35.4 Å². The highest BCUT2D eigenvalue weighted by atomic mass is 16.1. The van der Waals surface area contributed by atoms with Gasteiger partial charge in [0.05, 0.1) is 0 Å². The molecule has 0 fully saturated rings. The standard InChI is InChI=1S/C10H13NO.C9H19NO.C2H6/c1-3-11-10(12)9-6-4-5-8(2)7-9;1-8(2,3)6-9(4,5)10-7-11;1-2/h4-7H,3H2,1-2H3,(H,11,12);7H,6H2,1-5H3,(H,10,11);1-2H3. The third-order valence-corrected chi connectivity index (χ3v) is 3.04. The van der Waals surface area contributed by atoms with E-state index in [1.165, 1.54) is 0 Å². The van der Waals surface area contributed by atoms with Crippen LogP contribution < -0.4 is 10.6 Å². The summed E-state index contributed by atoms with van der Waals surface area (Å²) < 4.78 is 0. The zero-order chi connectivity index (χ0) is 20.1. The molecule has 0 aliphatic carbocycles. The second-order valence-corrected chi connectivity index (χ2v) is 7.61. The minimum Gasteiger partial charge on any atom is -0.354 e. The van der Waals surface area contributed by atoms with Gasteiger partial charge in [-0.25, -0.2) is 0 Å². The molecule has 0 spiro atoms. The van der Waals surface area contributed by atoms with Gasteiger partial charge >= 0.3 is 0 Å². The van der Waals surface area contributed by atoms with Crippen molar-refractivity contribution in [2.45, 2.75) is 74.3 Å². The van der Waals surface area contributed by atoms with E-state index in [9.17, 15) is 9.59 Å². The molecule has 0 saturated carbocycles. The second-order valence-electron chi connectivity index (χ2n) is 7.61. The first kappa shape index (κ1) is 25.4. The van der Waals surface area contributed by atoms with Gasteiger partial charge in [0, 0.05) is 17.6 Å². The number of benzene rings is 1. The third kappa shape index (κ3) is 14.2. The van der Waals surface area contributed by atoms with Crippen molar-refractivity contribution in [3.63, 3.8) is 0 Å². The van der Waals surface area contributed by atoms with Crippen molar-refractivity contribution in [1.82, 2.24) is 10.6 Å². The summed E-state index contributed by atoms with van der Waals surface area (Å²) in [6, 6.07) is 7.56. The normalized spacial score (nSPS) is 10.4. The van der Waals surface area contributed by atoms with Gasteiger partial charge in [0.1, 0.15) is 0 Å². The average molecular weight is 351 g/mol. The molecular formula is C21H38N2O2. The molecule has 1 aromatic rings. The molecule has 0 bridgehead atoms. The van der Waals surface area contributed by atoms with E-state index < -0.39 is 0 Å². The molecule has 0 radical (unpaired) electrons. The number of rotatable bonds is 5. The molecule has 0 aliphatic rings. The van der Waals surface area contributed by atoms with Crippen LogP contribution in [0.4, 0.5) is 0 Å². The van der Waals surface area contributed by atoms with Gasteiger partial charge in [0.2, 0.25) is 6.41 Å². The van der Waals surface area contributed by atoms with Crippen LogP contribution in [-0.2, 0) is 4.79 Å². The van der Waals surface area contributed by atoms with Crippen molar-refractivity contribution in [3.8, 4) is 0 Å². The van der Waals surface area contributed by atoms with Crippen molar-refractivity contribution in [2.75, 3.05) is 6.54 Å². The Morgan fingerprint density at radius 1 is 1.12 bits per heavy atom. The molecule has 4 nitrogen and oxygen atoms in total. The molecule has 0 aromatic heterocycles. The van der Waals surface area contributed by atoms with Gasteiger partial charge in [-0.3, -0.25) is 9.59 Å².